The van der Waals surface area contributed by atoms with Crippen molar-refractivity contribution in [2.45, 2.75) is 30.8 Å². The molecule has 1 aromatic carbocycles. The number of fused-ring (bicyclic) bond motifs is 1. The van der Waals surface area contributed by atoms with Gasteiger partial charge in [0.2, 0.25) is 0 Å². The van der Waals surface area contributed by atoms with Gasteiger partial charge in [-0.3, -0.25) is 0 Å². The Hall–Kier alpha value is -0.840. The maximum Gasteiger partial charge on any atom is 0.137 e. The summed E-state index contributed by atoms with van der Waals surface area (Å²) in [7, 11) is 0. The van der Waals surface area contributed by atoms with Crippen LogP contribution < -0.4 is 5.32 Å². The first-order valence-electron chi connectivity index (χ1n) is 6.44. The molecular weight excluding hydrogens is 277 g/mol. The maximum absolute atomic E-state index is 13.8. The molecule has 3 rings (SSSR count). The Bertz CT molecular complexity index is 579. The lowest BCUT2D eigenvalue weighted by Gasteiger charge is -2.26. The lowest BCUT2D eigenvalue weighted by molar-refractivity contribution is 0.499. The molecule has 2 heterocycles. The van der Waals surface area contributed by atoms with Gasteiger partial charge >= 0.3 is 0 Å². The number of benzene rings is 1. The first-order valence-corrected chi connectivity index (χ1v) is 8.24. The average molecular weight is 293 g/mol. The van der Waals surface area contributed by atoms with Crippen LogP contribution in [0.25, 0.3) is 0 Å². The number of thiophene rings is 1. The Morgan fingerprint density at radius 1 is 1.32 bits per heavy atom. The first-order chi connectivity index (χ1) is 9.24. The molecule has 1 atom stereocenters. The van der Waals surface area contributed by atoms with E-state index in [-0.39, 0.29) is 11.9 Å². The third kappa shape index (κ3) is 2.86. The minimum atomic E-state index is -0.0824. The Balaban J connectivity index is 1.75. The van der Waals surface area contributed by atoms with Crippen molar-refractivity contribution in [2.75, 3.05) is 5.75 Å². The lowest BCUT2D eigenvalue weighted by Crippen LogP contribution is -2.24. The number of halogens is 1. The second-order valence-electron chi connectivity index (χ2n) is 4.74. The van der Waals surface area contributed by atoms with Gasteiger partial charge in [0.25, 0.3) is 0 Å². The fraction of sp³-hybridized carbons (Fsp3) is 0.333. The molecule has 1 aromatic heterocycles. The quantitative estimate of drug-likeness (QED) is 0.893. The minimum absolute atomic E-state index is 0.0824. The molecule has 0 saturated carbocycles. The molecule has 0 amide bonds. The van der Waals surface area contributed by atoms with Gasteiger partial charge in [-0.2, -0.15) is 0 Å². The first kappa shape index (κ1) is 13.2. The summed E-state index contributed by atoms with van der Waals surface area (Å²) in [5.74, 6) is 0.899. The van der Waals surface area contributed by atoms with Crippen LogP contribution in [0.4, 0.5) is 4.39 Å². The fourth-order valence-electron chi connectivity index (χ4n) is 2.40. The highest BCUT2D eigenvalue weighted by molar-refractivity contribution is 7.99. The van der Waals surface area contributed by atoms with E-state index in [2.05, 4.69) is 24.4 Å². The van der Waals surface area contributed by atoms with E-state index in [1.807, 2.05) is 23.5 Å². The summed E-state index contributed by atoms with van der Waals surface area (Å²) in [5, 5.41) is 3.57. The van der Waals surface area contributed by atoms with Crippen LogP contribution in [0.1, 0.15) is 27.8 Å². The molecule has 1 aliphatic heterocycles. The lowest BCUT2D eigenvalue weighted by atomic mass is 10.0. The Morgan fingerprint density at radius 3 is 3.00 bits per heavy atom. The third-order valence-corrected chi connectivity index (χ3v) is 5.50. The van der Waals surface area contributed by atoms with Gasteiger partial charge < -0.3 is 5.32 Å². The molecule has 4 heteroatoms. The van der Waals surface area contributed by atoms with Gasteiger partial charge in [-0.25, -0.2) is 4.39 Å². The van der Waals surface area contributed by atoms with E-state index >= 15 is 0 Å². The molecule has 19 heavy (non-hydrogen) atoms. The SMILES string of the molecule is Cc1ccc(CNC2CCSc3c(F)cccc32)s1. The van der Waals surface area contributed by atoms with Crippen molar-refractivity contribution in [1.82, 2.24) is 5.32 Å². The third-order valence-electron chi connectivity index (χ3n) is 3.34. The van der Waals surface area contributed by atoms with Gasteiger partial charge in [-0.05, 0) is 42.9 Å². The molecule has 0 fully saturated rings. The van der Waals surface area contributed by atoms with Crippen LogP contribution in [0.15, 0.2) is 35.2 Å². The molecule has 2 aromatic rings. The summed E-state index contributed by atoms with van der Waals surface area (Å²) in [5.41, 5.74) is 1.12. The zero-order valence-electron chi connectivity index (χ0n) is 10.8. The summed E-state index contributed by atoms with van der Waals surface area (Å²) in [6, 6.07) is 9.99. The second-order valence-corrected chi connectivity index (χ2v) is 7.22. The van der Waals surface area contributed by atoms with Crippen molar-refractivity contribution in [3.05, 3.63) is 51.5 Å². The zero-order valence-corrected chi connectivity index (χ0v) is 12.4. The van der Waals surface area contributed by atoms with E-state index in [0.717, 1.165) is 29.2 Å². The Morgan fingerprint density at radius 2 is 2.21 bits per heavy atom. The summed E-state index contributed by atoms with van der Waals surface area (Å²) < 4.78 is 13.8. The van der Waals surface area contributed by atoms with Crippen LogP contribution in [0.2, 0.25) is 0 Å². The summed E-state index contributed by atoms with van der Waals surface area (Å²) in [6.45, 7) is 2.99. The van der Waals surface area contributed by atoms with Crippen molar-refractivity contribution < 1.29 is 4.39 Å². The van der Waals surface area contributed by atoms with Crippen molar-refractivity contribution in [3.63, 3.8) is 0 Å². The molecular formula is C15H16FNS2. The van der Waals surface area contributed by atoms with Crippen LogP contribution in [-0.2, 0) is 6.54 Å². The van der Waals surface area contributed by atoms with Crippen molar-refractivity contribution in [2.24, 2.45) is 0 Å². The van der Waals surface area contributed by atoms with Gasteiger partial charge in [0.05, 0.1) is 0 Å². The highest BCUT2D eigenvalue weighted by Gasteiger charge is 2.22. The van der Waals surface area contributed by atoms with E-state index < -0.39 is 0 Å². The standard InChI is InChI=1S/C15H16FNS2/c1-10-5-6-11(19-10)9-17-14-7-8-18-15-12(14)3-2-4-13(15)16/h2-6,14,17H,7-9H2,1H3. The van der Waals surface area contributed by atoms with E-state index in [9.17, 15) is 4.39 Å². The topological polar surface area (TPSA) is 12.0 Å². The highest BCUT2D eigenvalue weighted by Crippen LogP contribution is 2.37. The number of rotatable bonds is 3. The predicted molar refractivity (Wildman–Crippen MR) is 80.4 cm³/mol. The van der Waals surface area contributed by atoms with Crippen molar-refractivity contribution in [1.29, 1.82) is 0 Å². The largest absolute Gasteiger partial charge is 0.305 e. The summed E-state index contributed by atoms with van der Waals surface area (Å²) in [6.07, 6.45) is 1.06. The van der Waals surface area contributed by atoms with Crippen molar-refractivity contribution >= 4 is 23.1 Å². The number of hydrogen-bond donors (Lipinski definition) is 1. The van der Waals surface area contributed by atoms with Crippen molar-refractivity contribution in [3.8, 4) is 0 Å². The van der Waals surface area contributed by atoms with Crippen LogP contribution in [-0.4, -0.2) is 5.75 Å². The summed E-state index contributed by atoms with van der Waals surface area (Å²) >= 11 is 3.45. The Labute approximate surface area is 121 Å². The number of aryl methyl sites for hydroxylation is 1. The van der Waals surface area contributed by atoms with Crippen LogP contribution >= 0.6 is 23.1 Å². The second kappa shape index (κ2) is 5.65. The van der Waals surface area contributed by atoms with Gasteiger partial charge in [0.15, 0.2) is 0 Å². The molecule has 0 spiro atoms. The molecule has 0 aliphatic carbocycles. The molecule has 0 radical (unpaired) electrons. The minimum Gasteiger partial charge on any atom is -0.305 e. The Kier molecular flexibility index (Phi) is 3.91. The molecule has 1 unspecified atom stereocenters. The zero-order chi connectivity index (χ0) is 13.2. The molecule has 100 valence electrons. The fourth-order valence-corrected chi connectivity index (χ4v) is 4.38. The van der Waals surface area contributed by atoms with Gasteiger partial charge in [0.1, 0.15) is 5.82 Å². The molecule has 1 aliphatic rings. The monoisotopic (exact) mass is 293 g/mol. The van der Waals surface area contributed by atoms with Gasteiger partial charge in [-0.1, -0.05) is 12.1 Å². The molecule has 1 nitrogen and oxygen atoms in total. The number of hydrogen-bond acceptors (Lipinski definition) is 3. The van der Waals surface area contributed by atoms with E-state index in [4.69, 9.17) is 0 Å². The van der Waals surface area contributed by atoms with E-state index in [0.29, 0.717) is 0 Å². The van der Waals surface area contributed by atoms with Crippen LogP contribution in [0.3, 0.4) is 0 Å². The normalized spacial score (nSPS) is 18.3. The molecule has 0 bridgehead atoms. The average Bonchev–Trinajstić information content (AvgIpc) is 2.83. The molecule has 0 saturated heterocycles. The van der Waals surface area contributed by atoms with E-state index in [1.54, 1.807) is 17.8 Å². The number of thioether (sulfide) groups is 1. The number of nitrogens with one attached hydrogen (secondary N) is 1. The molecule has 1 N–H and O–H groups in total. The predicted octanol–water partition coefficient (Wildman–Crippen LogP) is 4.52. The van der Waals surface area contributed by atoms with Gasteiger partial charge in [-0.15, -0.1) is 23.1 Å². The van der Waals surface area contributed by atoms with Gasteiger partial charge in [0, 0.05) is 27.2 Å². The van der Waals surface area contributed by atoms with E-state index in [1.165, 1.54) is 9.75 Å². The maximum atomic E-state index is 13.8. The van der Waals surface area contributed by atoms with Crippen LogP contribution in [0, 0.1) is 12.7 Å². The highest BCUT2D eigenvalue weighted by atomic mass is 32.2. The van der Waals surface area contributed by atoms with Crippen LogP contribution in [0.5, 0.6) is 0 Å². The summed E-state index contributed by atoms with van der Waals surface area (Å²) in [4.78, 5) is 3.50. The smallest absolute Gasteiger partial charge is 0.137 e.